The Labute approximate surface area is 123 Å². The maximum Gasteiger partial charge on any atom is 0.189 e. The van der Waals surface area contributed by atoms with Gasteiger partial charge in [0.2, 0.25) is 0 Å². The first-order chi connectivity index (χ1) is 10.3. The standard InChI is InChI=1S/C17H15NO3/c1-2-12-3-6-16(19)14(7-12)9-18-15-5-4-13-10-20-11-21-17(13)8-15/h2-9,19H,1,10-11H2/b18-9+. The molecule has 0 saturated heterocycles. The molecule has 106 valence electrons. The summed E-state index contributed by atoms with van der Waals surface area (Å²) >= 11 is 0. The van der Waals surface area contributed by atoms with Crippen LogP contribution in [0.4, 0.5) is 5.69 Å². The van der Waals surface area contributed by atoms with E-state index in [2.05, 4.69) is 11.6 Å². The smallest absolute Gasteiger partial charge is 0.189 e. The highest BCUT2D eigenvalue weighted by Crippen LogP contribution is 2.28. The molecule has 4 heteroatoms. The fourth-order valence-corrected chi connectivity index (χ4v) is 2.08. The van der Waals surface area contributed by atoms with Gasteiger partial charge in [0.1, 0.15) is 11.5 Å². The molecule has 3 rings (SSSR count). The van der Waals surface area contributed by atoms with Gasteiger partial charge in [-0.25, -0.2) is 0 Å². The monoisotopic (exact) mass is 281 g/mol. The van der Waals surface area contributed by atoms with E-state index in [1.807, 2.05) is 24.3 Å². The third-order valence-electron chi connectivity index (χ3n) is 3.25. The minimum atomic E-state index is 0.187. The Bertz CT molecular complexity index is 707. The second-order valence-corrected chi connectivity index (χ2v) is 4.68. The van der Waals surface area contributed by atoms with Crippen molar-refractivity contribution in [1.82, 2.24) is 0 Å². The molecular weight excluding hydrogens is 266 g/mol. The molecule has 0 saturated carbocycles. The lowest BCUT2D eigenvalue weighted by atomic mass is 10.1. The lowest BCUT2D eigenvalue weighted by molar-refractivity contribution is -0.0163. The van der Waals surface area contributed by atoms with E-state index < -0.39 is 0 Å². The van der Waals surface area contributed by atoms with Crippen molar-refractivity contribution in [2.45, 2.75) is 6.61 Å². The predicted molar refractivity (Wildman–Crippen MR) is 82.2 cm³/mol. The minimum Gasteiger partial charge on any atom is -0.507 e. The van der Waals surface area contributed by atoms with Crippen molar-refractivity contribution >= 4 is 18.0 Å². The van der Waals surface area contributed by atoms with Crippen LogP contribution in [-0.4, -0.2) is 18.1 Å². The van der Waals surface area contributed by atoms with Crippen LogP contribution in [0.5, 0.6) is 11.5 Å². The van der Waals surface area contributed by atoms with Crippen LogP contribution < -0.4 is 4.74 Å². The number of rotatable bonds is 3. The molecule has 1 aliphatic heterocycles. The Morgan fingerprint density at radius 3 is 2.95 bits per heavy atom. The van der Waals surface area contributed by atoms with Gasteiger partial charge in [-0.1, -0.05) is 24.8 Å². The van der Waals surface area contributed by atoms with E-state index in [1.54, 1.807) is 24.4 Å². The van der Waals surface area contributed by atoms with Gasteiger partial charge < -0.3 is 14.6 Å². The Kier molecular flexibility index (Phi) is 3.71. The van der Waals surface area contributed by atoms with E-state index in [0.717, 1.165) is 22.6 Å². The van der Waals surface area contributed by atoms with Gasteiger partial charge in [0.25, 0.3) is 0 Å². The molecule has 1 aliphatic rings. The summed E-state index contributed by atoms with van der Waals surface area (Å²) in [5.41, 5.74) is 3.35. The van der Waals surface area contributed by atoms with Crippen molar-refractivity contribution in [3.8, 4) is 11.5 Å². The zero-order chi connectivity index (χ0) is 14.7. The molecule has 0 bridgehead atoms. The van der Waals surface area contributed by atoms with Gasteiger partial charge in [0.15, 0.2) is 6.79 Å². The van der Waals surface area contributed by atoms with Crippen LogP contribution in [0, 0.1) is 0 Å². The van der Waals surface area contributed by atoms with E-state index in [0.29, 0.717) is 12.2 Å². The maximum atomic E-state index is 9.83. The molecule has 1 heterocycles. The first kappa shape index (κ1) is 13.4. The second kappa shape index (κ2) is 5.81. The van der Waals surface area contributed by atoms with Crippen LogP contribution in [0.3, 0.4) is 0 Å². The first-order valence-electron chi connectivity index (χ1n) is 6.59. The predicted octanol–water partition coefficient (Wildman–Crippen LogP) is 3.65. The average molecular weight is 281 g/mol. The van der Waals surface area contributed by atoms with Crippen LogP contribution in [0.25, 0.3) is 6.08 Å². The van der Waals surface area contributed by atoms with Gasteiger partial charge >= 0.3 is 0 Å². The zero-order valence-corrected chi connectivity index (χ0v) is 11.5. The number of ether oxygens (including phenoxy) is 2. The zero-order valence-electron chi connectivity index (χ0n) is 11.5. The number of nitrogens with zero attached hydrogens (tertiary/aromatic N) is 1. The van der Waals surface area contributed by atoms with Crippen molar-refractivity contribution in [3.05, 3.63) is 59.7 Å². The number of hydrogen-bond acceptors (Lipinski definition) is 4. The van der Waals surface area contributed by atoms with E-state index in [-0.39, 0.29) is 12.5 Å². The number of phenols is 1. The molecule has 0 aromatic heterocycles. The van der Waals surface area contributed by atoms with Crippen LogP contribution in [0.1, 0.15) is 16.7 Å². The summed E-state index contributed by atoms with van der Waals surface area (Å²) in [6, 6.07) is 10.9. The Morgan fingerprint density at radius 1 is 1.19 bits per heavy atom. The van der Waals surface area contributed by atoms with Crippen molar-refractivity contribution in [2.75, 3.05) is 6.79 Å². The molecule has 2 aromatic rings. The summed E-state index contributed by atoms with van der Waals surface area (Å²) in [4.78, 5) is 4.38. The van der Waals surface area contributed by atoms with Crippen molar-refractivity contribution in [1.29, 1.82) is 0 Å². The second-order valence-electron chi connectivity index (χ2n) is 4.68. The van der Waals surface area contributed by atoms with Gasteiger partial charge in [-0.15, -0.1) is 0 Å². The van der Waals surface area contributed by atoms with Crippen LogP contribution in [0.2, 0.25) is 0 Å². The molecule has 2 aromatic carbocycles. The maximum absolute atomic E-state index is 9.83. The van der Waals surface area contributed by atoms with Gasteiger partial charge in [-0.05, 0) is 23.8 Å². The molecule has 0 fully saturated rings. The summed E-state index contributed by atoms with van der Waals surface area (Å²) < 4.78 is 10.6. The number of hydrogen-bond donors (Lipinski definition) is 1. The normalized spacial score (nSPS) is 13.7. The van der Waals surface area contributed by atoms with Gasteiger partial charge in [0.05, 0.1) is 12.3 Å². The summed E-state index contributed by atoms with van der Waals surface area (Å²) in [6.07, 6.45) is 3.35. The van der Waals surface area contributed by atoms with Crippen molar-refractivity contribution < 1.29 is 14.6 Å². The van der Waals surface area contributed by atoms with Gasteiger partial charge in [-0.2, -0.15) is 0 Å². The molecule has 0 aliphatic carbocycles. The highest BCUT2D eigenvalue weighted by Gasteiger charge is 2.10. The molecule has 1 N–H and O–H groups in total. The third kappa shape index (κ3) is 2.95. The summed E-state index contributed by atoms with van der Waals surface area (Å²) in [7, 11) is 0. The lowest BCUT2D eigenvalue weighted by Gasteiger charge is -2.17. The summed E-state index contributed by atoms with van der Waals surface area (Å²) in [5.74, 6) is 0.979. The highest BCUT2D eigenvalue weighted by atomic mass is 16.7. The topological polar surface area (TPSA) is 51.1 Å². The molecular formula is C17H15NO3. The molecule has 21 heavy (non-hydrogen) atoms. The Hall–Kier alpha value is -2.59. The third-order valence-corrected chi connectivity index (χ3v) is 3.25. The highest BCUT2D eigenvalue weighted by molar-refractivity contribution is 5.86. The number of aromatic hydroxyl groups is 1. The van der Waals surface area contributed by atoms with Gasteiger partial charge in [-0.3, -0.25) is 4.99 Å². The van der Waals surface area contributed by atoms with Crippen LogP contribution in [0.15, 0.2) is 48.0 Å². The van der Waals surface area contributed by atoms with Crippen LogP contribution in [-0.2, 0) is 11.3 Å². The van der Waals surface area contributed by atoms with E-state index >= 15 is 0 Å². The molecule has 0 atom stereocenters. The largest absolute Gasteiger partial charge is 0.507 e. The quantitative estimate of drug-likeness (QED) is 0.874. The number of benzene rings is 2. The SMILES string of the molecule is C=Cc1ccc(O)c(/C=N/c2ccc3c(c2)OCOC3)c1. The number of fused-ring (bicyclic) bond motifs is 1. The lowest BCUT2D eigenvalue weighted by Crippen LogP contribution is -2.10. The Balaban J connectivity index is 1.87. The summed E-state index contributed by atoms with van der Waals surface area (Å²) in [6.45, 7) is 4.54. The molecule has 0 radical (unpaired) electrons. The molecule has 0 unspecified atom stereocenters. The Morgan fingerprint density at radius 2 is 2.10 bits per heavy atom. The number of aliphatic imine (C=N–C) groups is 1. The van der Waals surface area contributed by atoms with E-state index in [1.165, 1.54) is 0 Å². The van der Waals surface area contributed by atoms with Gasteiger partial charge in [0, 0.05) is 23.4 Å². The molecule has 4 nitrogen and oxygen atoms in total. The minimum absolute atomic E-state index is 0.187. The fourth-order valence-electron chi connectivity index (χ4n) is 2.08. The summed E-state index contributed by atoms with van der Waals surface area (Å²) in [5, 5.41) is 9.83. The van der Waals surface area contributed by atoms with Crippen molar-refractivity contribution in [3.63, 3.8) is 0 Å². The molecule has 0 spiro atoms. The first-order valence-corrected chi connectivity index (χ1v) is 6.59. The van der Waals surface area contributed by atoms with Crippen LogP contribution >= 0.6 is 0 Å². The molecule has 0 amide bonds. The van der Waals surface area contributed by atoms with E-state index in [4.69, 9.17) is 9.47 Å². The fraction of sp³-hybridized carbons (Fsp3) is 0.118. The van der Waals surface area contributed by atoms with E-state index in [9.17, 15) is 5.11 Å². The van der Waals surface area contributed by atoms with Crippen molar-refractivity contribution in [2.24, 2.45) is 4.99 Å². The average Bonchev–Trinajstić information content (AvgIpc) is 2.54. The number of phenolic OH excluding ortho intramolecular Hbond substituents is 1.